The Morgan fingerprint density at radius 3 is 2.16 bits per heavy atom. The van der Waals surface area contributed by atoms with Crippen LogP contribution in [0.2, 0.25) is 0 Å². The van der Waals surface area contributed by atoms with E-state index in [4.69, 9.17) is 43.1 Å². The SMILES string of the molecule is CCC1CN(c2ccc(-c3ccnc(Nc4cc(OC)c(OC)c(OCCOCCOCCOCCOCCNc5cccc6c5C(=O)N(C5CCC(=O)NC5=O)C6=O)c4)n3)cn2)C(C(C)(C)C)CN1C(=O)O. The number of anilines is 4. The molecule has 3 unspecified atom stereocenters. The molecule has 22 heteroatoms. The highest BCUT2D eigenvalue weighted by atomic mass is 16.6. The summed E-state index contributed by atoms with van der Waals surface area (Å²) < 4.78 is 39.9. The number of nitrogens with zero attached hydrogens (tertiary/aromatic N) is 6. The number of aromatic nitrogens is 3. The quantitative estimate of drug-likeness (QED) is 0.0488. The fourth-order valence-electron chi connectivity index (χ4n) is 8.88. The average molecular weight is 1010 g/mol. The molecular weight excluding hydrogens is 947 g/mol. The van der Waals surface area contributed by atoms with Crippen LogP contribution < -0.4 is 35.1 Å². The van der Waals surface area contributed by atoms with Crippen LogP contribution in [0.3, 0.4) is 0 Å². The lowest BCUT2D eigenvalue weighted by Gasteiger charge is -2.50. The van der Waals surface area contributed by atoms with Crippen LogP contribution in [0.15, 0.2) is 60.9 Å². The molecule has 22 nitrogen and oxygen atoms in total. The first kappa shape index (κ1) is 53.7. The first-order chi connectivity index (χ1) is 35.2. The summed E-state index contributed by atoms with van der Waals surface area (Å²) in [6.07, 6.45) is 3.38. The van der Waals surface area contributed by atoms with Crippen molar-refractivity contribution in [2.45, 2.75) is 65.1 Å². The molecule has 0 aliphatic carbocycles. The number of carbonyl (C=O) groups is 5. The molecule has 2 saturated heterocycles. The molecule has 5 heterocycles. The van der Waals surface area contributed by atoms with Crippen molar-refractivity contribution < 1.29 is 62.2 Å². The van der Waals surface area contributed by atoms with Gasteiger partial charge in [0.1, 0.15) is 18.5 Å². The van der Waals surface area contributed by atoms with Gasteiger partial charge in [0.2, 0.25) is 23.5 Å². The van der Waals surface area contributed by atoms with E-state index in [1.807, 2.05) is 19.1 Å². The molecule has 4 aromatic rings. The van der Waals surface area contributed by atoms with Gasteiger partial charge < -0.3 is 58.7 Å². The maximum absolute atomic E-state index is 13.3. The number of carboxylic acid groups (broad SMARTS) is 1. The molecule has 7 rings (SSSR count). The van der Waals surface area contributed by atoms with E-state index in [-0.39, 0.29) is 54.7 Å². The molecule has 0 bridgehead atoms. The third-order valence-corrected chi connectivity index (χ3v) is 12.6. The molecule has 3 aliphatic rings. The van der Waals surface area contributed by atoms with E-state index in [1.165, 1.54) is 14.2 Å². The second-order valence-electron chi connectivity index (χ2n) is 18.4. The Balaban J connectivity index is 0.784. The van der Waals surface area contributed by atoms with Crippen LogP contribution >= 0.6 is 0 Å². The second-order valence-corrected chi connectivity index (χ2v) is 18.4. The number of rotatable bonds is 25. The normalized spacial score (nSPS) is 17.9. The molecule has 3 aliphatic heterocycles. The molecule has 0 spiro atoms. The molecule has 392 valence electrons. The zero-order valence-corrected chi connectivity index (χ0v) is 42.1. The fourth-order valence-corrected chi connectivity index (χ4v) is 8.88. The van der Waals surface area contributed by atoms with Gasteiger partial charge in [-0.2, -0.15) is 0 Å². The van der Waals surface area contributed by atoms with E-state index in [0.29, 0.717) is 113 Å². The Morgan fingerprint density at radius 2 is 1.53 bits per heavy atom. The standard InChI is InChI=1S/C51H65N9O13/c1-7-34-30-59(41(51(2,3)4)31-58(34)50(65)66)42-13-11-32(29-54-42)36-15-16-53-49(56-36)55-33-27-39(67-5)45(68-6)40(28-33)73-26-25-72-24-23-71-22-21-70-20-19-69-18-17-52-37-10-8-9-35-44(37)48(64)60(47(35)63)38-12-14-43(61)57-46(38)62/h8-11,13,15-16,27-29,34,38,41,52H,7,12,14,17-26,30-31H2,1-6H3,(H,65,66)(H,53,55,56)(H,57,61,62). The highest BCUT2D eigenvalue weighted by Gasteiger charge is 2.46. The van der Waals surface area contributed by atoms with Gasteiger partial charge >= 0.3 is 6.09 Å². The minimum absolute atomic E-state index is 0.0504. The van der Waals surface area contributed by atoms with Gasteiger partial charge in [0.15, 0.2) is 11.5 Å². The van der Waals surface area contributed by atoms with E-state index in [0.717, 1.165) is 16.3 Å². The molecule has 3 atom stereocenters. The number of methoxy groups -OCH3 is 2. The van der Waals surface area contributed by atoms with E-state index in [2.05, 4.69) is 46.6 Å². The Hall–Kier alpha value is -7.14. The number of nitrogens with one attached hydrogen (secondary N) is 3. The molecule has 73 heavy (non-hydrogen) atoms. The van der Waals surface area contributed by atoms with Crippen molar-refractivity contribution in [3.8, 4) is 28.5 Å². The molecule has 2 aromatic carbocycles. The van der Waals surface area contributed by atoms with Crippen molar-refractivity contribution in [3.05, 3.63) is 72.1 Å². The predicted molar refractivity (Wildman–Crippen MR) is 268 cm³/mol. The van der Waals surface area contributed by atoms with Crippen molar-refractivity contribution in [1.29, 1.82) is 0 Å². The Bertz CT molecular complexity index is 2580. The summed E-state index contributed by atoms with van der Waals surface area (Å²) in [5, 5.41) is 18.5. The fraction of sp³-hybridized carbons (Fsp3) is 0.490. The van der Waals surface area contributed by atoms with Crippen LogP contribution in [0.5, 0.6) is 17.2 Å². The van der Waals surface area contributed by atoms with E-state index in [9.17, 15) is 29.1 Å². The smallest absolute Gasteiger partial charge is 0.407 e. The maximum Gasteiger partial charge on any atom is 0.407 e. The monoisotopic (exact) mass is 1010 g/mol. The Kier molecular flexibility index (Phi) is 18.4. The van der Waals surface area contributed by atoms with Gasteiger partial charge in [0, 0.05) is 67.5 Å². The van der Waals surface area contributed by atoms with Gasteiger partial charge in [-0.05, 0) is 48.6 Å². The number of piperazine rings is 1. The Labute approximate surface area is 424 Å². The van der Waals surface area contributed by atoms with Gasteiger partial charge in [-0.1, -0.05) is 33.8 Å². The van der Waals surface area contributed by atoms with E-state index in [1.54, 1.807) is 53.7 Å². The molecule has 0 radical (unpaired) electrons. The third-order valence-electron chi connectivity index (χ3n) is 12.6. The lowest BCUT2D eigenvalue weighted by Crippen LogP contribution is -2.63. The molecule has 2 fully saturated rings. The van der Waals surface area contributed by atoms with E-state index < -0.39 is 35.8 Å². The lowest BCUT2D eigenvalue weighted by atomic mass is 9.83. The van der Waals surface area contributed by atoms with Crippen LogP contribution in [0.4, 0.5) is 27.9 Å². The maximum atomic E-state index is 13.3. The molecule has 4 N–H and O–H groups in total. The molecule has 0 saturated carbocycles. The highest BCUT2D eigenvalue weighted by Crippen LogP contribution is 2.41. The summed E-state index contributed by atoms with van der Waals surface area (Å²) >= 11 is 0. The van der Waals surface area contributed by atoms with Crippen LogP contribution in [0, 0.1) is 5.41 Å². The number of fused-ring (bicyclic) bond motifs is 1. The van der Waals surface area contributed by atoms with Crippen molar-refractivity contribution in [2.75, 3.05) is 109 Å². The number of piperidine rings is 1. The number of imide groups is 2. The van der Waals surface area contributed by atoms with Gasteiger partial charge in [0.05, 0.1) is 96.0 Å². The lowest BCUT2D eigenvalue weighted by molar-refractivity contribution is -0.136. The number of amides is 5. The zero-order valence-electron chi connectivity index (χ0n) is 42.1. The van der Waals surface area contributed by atoms with Gasteiger partial charge in [0.25, 0.3) is 11.8 Å². The number of ether oxygens (including phenoxy) is 7. The van der Waals surface area contributed by atoms with Gasteiger partial charge in [-0.3, -0.25) is 29.4 Å². The number of hydrogen-bond donors (Lipinski definition) is 4. The molecular formula is C51H65N9O13. The minimum Gasteiger partial charge on any atom is -0.493 e. The van der Waals surface area contributed by atoms with Gasteiger partial charge in [-0.25, -0.2) is 19.7 Å². The first-order valence-corrected chi connectivity index (χ1v) is 24.3. The summed E-state index contributed by atoms with van der Waals surface area (Å²) in [5.74, 6) is 0.173. The van der Waals surface area contributed by atoms with Crippen LogP contribution in [-0.4, -0.2) is 171 Å². The Morgan fingerprint density at radius 1 is 0.836 bits per heavy atom. The summed E-state index contributed by atoms with van der Waals surface area (Å²) in [6.45, 7) is 12.6. The summed E-state index contributed by atoms with van der Waals surface area (Å²) in [5.41, 5.74) is 2.71. The zero-order chi connectivity index (χ0) is 52.1. The summed E-state index contributed by atoms with van der Waals surface area (Å²) in [7, 11) is 3.07. The predicted octanol–water partition coefficient (Wildman–Crippen LogP) is 5.25. The van der Waals surface area contributed by atoms with E-state index >= 15 is 0 Å². The number of hydrogen-bond acceptors (Lipinski definition) is 18. The number of carbonyl (C=O) groups excluding carboxylic acids is 4. The van der Waals surface area contributed by atoms with Crippen molar-refractivity contribution >= 4 is 52.9 Å². The van der Waals surface area contributed by atoms with Crippen molar-refractivity contribution in [1.82, 2.24) is 30.1 Å². The highest BCUT2D eigenvalue weighted by molar-refractivity contribution is 6.25. The van der Waals surface area contributed by atoms with Crippen LogP contribution in [-0.2, 0) is 28.5 Å². The largest absolute Gasteiger partial charge is 0.493 e. The topological polar surface area (TPSA) is 255 Å². The van der Waals surface area contributed by atoms with Crippen LogP contribution in [0.25, 0.3) is 11.3 Å². The van der Waals surface area contributed by atoms with Crippen LogP contribution in [0.1, 0.15) is 67.7 Å². The summed E-state index contributed by atoms with van der Waals surface area (Å²) in [4.78, 5) is 81.2. The number of benzene rings is 2. The summed E-state index contributed by atoms with van der Waals surface area (Å²) in [6, 6.07) is 12.9. The van der Waals surface area contributed by atoms with Crippen molar-refractivity contribution in [3.63, 3.8) is 0 Å². The van der Waals surface area contributed by atoms with Gasteiger partial charge in [-0.15, -0.1) is 0 Å². The average Bonchev–Trinajstić information content (AvgIpc) is 3.63. The third kappa shape index (κ3) is 13.3. The first-order valence-electron chi connectivity index (χ1n) is 24.3. The van der Waals surface area contributed by atoms with Crippen molar-refractivity contribution in [2.24, 2.45) is 5.41 Å². The molecule has 2 aromatic heterocycles. The second kappa shape index (κ2) is 25.0. The minimum atomic E-state index is -1.03. The molecule has 5 amide bonds. The number of pyridine rings is 1.